The van der Waals surface area contributed by atoms with E-state index in [1.165, 1.54) is 18.2 Å². The summed E-state index contributed by atoms with van der Waals surface area (Å²) in [6, 6.07) is 21.2. The van der Waals surface area contributed by atoms with Gasteiger partial charge >= 0.3 is 6.09 Å². The molecule has 0 saturated carbocycles. The normalized spacial score (nSPS) is 13.7. The Kier molecular flexibility index (Phi) is 10.00. The largest absolute Gasteiger partial charge is 0.444 e. The highest BCUT2D eigenvalue weighted by Crippen LogP contribution is 2.27. The van der Waals surface area contributed by atoms with Crippen LogP contribution in [0.4, 0.5) is 10.5 Å². The van der Waals surface area contributed by atoms with Crippen molar-refractivity contribution < 1.29 is 27.5 Å². The molecule has 1 fully saturated rings. The molecular formula is C34H34Cl2N4O6S. The molecule has 0 bridgehead atoms. The molecule has 2 N–H and O–H groups in total. The number of piperazine rings is 1. The van der Waals surface area contributed by atoms with Gasteiger partial charge in [-0.05, 0) is 79.6 Å². The number of fused-ring (bicyclic) bond motifs is 1. The number of halogens is 2. The molecule has 0 radical (unpaired) electrons. The number of benzene rings is 4. The number of sulfonamides is 1. The van der Waals surface area contributed by atoms with E-state index in [1.807, 2.05) is 20.8 Å². The fraction of sp³-hybridized carbons (Fsp3) is 0.265. The minimum atomic E-state index is -3.98. The average molecular weight is 698 g/mol. The Morgan fingerprint density at radius 1 is 0.809 bits per heavy atom. The van der Waals surface area contributed by atoms with Gasteiger partial charge in [0, 0.05) is 59.6 Å². The first-order chi connectivity index (χ1) is 22.2. The smallest absolute Gasteiger partial charge is 0.410 e. The average Bonchev–Trinajstić information content (AvgIpc) is 3.01. The molecule has 47 heavy (non-hydrogen) atoms. The molecule has 1 aliphatic rings. The number of carbonyl (C=O) groups is 3. The summed E-state index contributed by atoms with van der Waals surface area (Å²) in [6.45, 7) is 6.98. The second-order valence-electron chi connectivity index (χ2n) is 12.1. The lowest BCUT2D eigenvalue weighted by molar-refractivity contribution is 0.0140. The molecule has 5 rings (SSSR count). The summed E-state index contributed by atoms with van der Waals surface area (Å²) in [5, 5.41) is 4.56. The minimum absolute atomic E-state index is 0.0787. The molecule has 246 valence electrons. The van der Waals surface area contributed by atoms with Crippen LogP contribution in [0.15, 0.2) is 83.8 Å². The van der Waals surface area contributed by atoms with Gasteiger partial charge in [-0.25, -0.2) is 13.2 Å². The van der Waals surface area contributed by atoms with Gasteiger partial charge in [0.2, 0.25) is 0 Å². The van der Waals surface area contributed by atoms with E-state index in [2.05, 4.69) is 10.0 Å². The summed E-state index contributed by atoms with van der Waals surface area (Å²) in [7, 11) is -3.98. The van der Waals surface area contributed by atoms with Gasteiger partial charge in [-0.3, -0.25) is 14.3 Å². The highest BCUT2D eigenvalue weighted by Gasteiger charge is 2.29. The van der Waals surface area contributed by atoms with Gasteiger partial charge in [0.25, 0.3) is 21.8 Å². The SMILES string of the molecule is CC(C)(C)OC(=O)N1CCN(C(=O)c2ccccc2CNC(=O)c2cccc3cc(NS(=O)(=O)c4cc(Cl)cc(Cl)c4)ccc23)CC1. The molecule has 0 aliphatic carbocycles. The van der Waals surface area contributed by atoms with Gasteiger partial charge in [-0.15, -0.1) is 0 Å². The summed E-state index contributed by atoms with van der Waals surface area (Å²) >= 11 is 12.0. The predicted molar refractivity (Wildman–Crippen MR) is 183 cm³/mol. The second kappa shape index (κ2) is 13.8. The number of nitrogens with zero attached hydrogens (tertiary/aromatic N) is 2. The van der Waals surface area contributed by atoms with Gasteiger partial charge in [0.05, 0.1) is 4.90 Å². The lowest BCUT2D eigenvalue weighted by Gasteiger charge is -2.35. The fourth-order valence-electron chi connectivity index (χ4n) is 5.19. The van der Waals surface area contributed by atoms with E-state index in [4.69, 9.17) is 27.9 Å². The number of nitrogens with one attached hydrogen (secondary N) is 2. The van der Waals surface area contributed by atoms with Crippen molar-refractivity contribution in [2.75, 3.05) is 30.9 Å². The first kappa shape index (κ1) is 34.0. The van der Waals surface area contributed by atoms with Crippen LogP contribution in [-0.4, -0.2) is 67.9 Å². The molecule has 10 nitrogen and oxygen atoms in total. The number of hydrogen-bond acceptors (Lipinski definition) is 6. The molecule has 4 aromatic carbocycles. The third-order valence-corrected chi connectivity index (χ3v) is 9.23. The van der Waals surface area contributed by atoms with Crippen LogP contribution in [-0.2, 0) is 21.3 Å². The van der Waals surface area contributed by atoms with Crippen LogP contribution >= 0.6 is 23.2 Å². The van der Waals surface area contributed by atoms with Crippen LogP contribution in [0.2, 0.25) is 10.0 Å². The van der Waals surface area contributed by atoms with Crippen LogP contribution in [0, 0.1) is 0 Å². The molecule has 0 spiro atoms. The Morgan fingerprint density at radius 3 is 2.13 bits per heavy atom. The van der Waals surface area contributed by atoms with Crippen molar-refractivity contribution in [3.05, 3.63) is 106 Å². The monoisotopic (exact) mass is 696 g/mol. The van der Waals surface area contributed by atoms with Crippen molar-refractivity contribution in [1.29, 1.82) is 0 Å². The first-order valence-electron chi connectivity index (χ1n) is 14.9. The minimum Gasteiger partial charge on any atom is -0.444 e. The number of rotatable bonds is 7. The van der Waals surface area contributed by atoms with E-state index in [0.717, 1.165) is 0 Å². The Balaban J connectivity index is 1.25. The first-order valence-corrected chi connectivity index (χ1v) is 17.1. The van der Waals surface area contributed by atoms with Crippen LogP contribution in [0.5, 0.6) is 0 Å². The Morgan fingerprint density at radius 2 is 1.45 bits per heavy atom. The molecule has 3 amide bonds. The van der Waals surface area contributed by atoms with E-state index in [1.54, 1.807) is 70.5 Å². The molecule has 0 atom stereocenters. The highest BCUT2D eigenvalue weighted by molar-refractivity contribution is 7.92. The number of carbonyl (C=O) groups excluding carboxylic acids is 3. The molecular weight excluding hydrogens is 663 g/mol. The number of hydrogen-bond donors (Lipinski definition) is 2. The van der Waals surface area contributed by atoms with Crippen molar-refractivity contribution in [2.24, 2.45) is 0 Å². The van der Waals surface area contributed by atoms with Gasteiger partial charge < -0.3 is 19.9 Å². The molecule has 1 heterocycles. The zero-order chi connectivity index (χ0) is 33.9. The number of ether oxygens (including phenoxy) is 1. The topological polar surface area (TPSA) is 125 Å². The summed E-state index contributed by atoms with van der Waals surface area (Å²) in [5.74, 6) is -0.537. The van der Waals surface area contributed by atoms with Crippen molar-refractivity contribution in [2.45, 2.75) is 37.8 Å². The lowest BCUT2D eigenvalue weighted by Crippen LogP contribution is -2.51. The summed E-state index contributed by atoms with van der Waals surface area (Å²) < 4.78 is 33.9. The standard InChI is InChI=1S/C34H34Cl2N4O6S/c1-34(2,3)46-33(43)40-15-13-39(14-16-40)32(42)29-9-5-4-7-23(29)21-37-31(41)30-10-6-8-22-17-26(11-12-28(22)30)38-47(44,45)27-19-24(35)18-25(36)20-27/h4-12,17-20,38H,13-16,21H2,1-3H3,(H,37,41). The van der Waals surface area contributed by atoms with Gasteiger partial charge in [0.15, 0.2) is 0 Å². The van der Waals surface area contributed by atoms with E-state index >= 15 is 0 Å². The van der Waals surface area contributed by atoms with Crippen LogP contribution in [0.25, 0.3) is 10.8 Å². The van der Waals surface area contributed by atoms with Crippen LogP contribution in [0.1, 0.15) is 47.1 Å². The van der Waals surface area contributed by atoms with Crippen LogP contribution in [0.3, 0.4) is 0 Å². The summed E-state index contributed by atoms with van der Waals surface area (Å²) in [5.41, 5.74) is 1.20. The highest BCUT2D eigenvalue weighted by atomic mass is 35.5. The van der Waals surface area contributed by atoms with Crippen LogP contribution < -0.4 is 10.0 Å². The lowest BCUT2D eigenvalue weighted by atomic mass is 10.0. The van der Waals surface area contributed by atoms with Crippen molar-refractivity contribution in [3.63, 3.8) is 0 Å². The summed E-state index contributed by atoms with van der Waals surface area (Å²) in [6.07, 6.45) is -0.401. The molecule has 4 aromatic rings. The second-order valence-corrected chi connectivity index (χ2v) is 14.6. The molecule has 13 heteroatoms. The predicted octanol–water partition coefficient (Wildman–Crippen LogP) is 6.57. The number of amides is 3. The molecule has 1 aliphatic heterocycles. The Labute approximate surface area is 283 Å². The molecule has 1 saturated heterocycles. The zero-order valence-corrected chi connectivity index (χ0v) is 28.4. The number of anilines is 1. The maximum atomic E-state index is 13.5. The van der Waals surface area contributed by atoms with Gasteiger partial charge in [-0.2, -0.15) is 0 Å². The Hall–Kier alpha value is -4.32. The zero-order valence-electron chi connectivity index (χ0n) is 26.0. The molecule has 0 unspecified atom stereocenters. The van der Waals surface area contributed by atoms with Crippen molar-refractivity contribution >= 4 is 67.6 Å². The Bertz CT molecular complexity index is 1930. The molecule has 0 aromatic heterocycles. The van der Waals surface area contributed by atoms with E-state index in [-0.39, 0.29) is 33.3 Å². The third-order valence-electron chi connectivity index (χ3n) is 7.43. The van der Waals surface area contributed by atoms with E-state index in [9.17, 15) is 22.8 Å². The van der Waals surface area contributed by atoms with Gasteiger partial charge in [-0.1, -0.05) is 59.6 Å². The fourth-order valence-corrected chi connectivity index (χ4v) is 6.96. The maximum Gasteiger partial charge on any atom is 0.410 e. The van der Waals surface area contributed by atoms with Gasteiger partial charge in [0.1, 0.15) is 5.60 Å². The van der Waals surface area contributed by atoms with E-state index < -0.39 is 21.7 Å². The van der Waals surface area contributed by atoms with E-state index in [0.29, 0.717) is 59.3 Å². The third kappa shape index (κ3) is 8.34. The quantitative estimate of drug-likeness (QED) is 0.225. The maximum absolute atomic E-state index is 13.5. The van der Waals surface area contributed by atoms with Crippen molar-refractivity contribution in [3.8, 4) is 0 Å². The summed E-state index contributed by atoms with van der Waals surface area (Å²) in [4.78, 5) is 42.5. The van der Waals surface area contributed by atoms with Crippen molar-refractivity contribution in [1.82, 2.24) is 15.1 Å².